The fraction of sp³-hybridized carbons (Fsp3) is 0.879. The highest BCUT2D eigenvalue weighted by Crippen LogP contribution is 2.19. The first kappa shape index (κ1) is 36.6. The Morgan fingerprint density at radius 3 is 1.98 bits per heavy atom. The van der Waals surface area contributed by atoms with Gasteiger partial charge in [0.1, 0.15) is 18.8 Å². The molecule has 2 unspecified atom stereocenters. The van der Waals surface area contributed by atoms with E-state index in [1.807, 2.05) is 11.8 Å². The monoisotopic (exact) mass is 611 g/mol. The zero-order chi connectivity index (χ0) is 29.9. The number of ether oxygens (including phenoxy) is 3. The Morgan fingerprint density at radius 1 is 0.810 bits per heavy atom. The smallest absolute Gasteiger partial charge is 0.407 e. The van der Waals surface area contributed by atoms with Crippen LogP contribution in [0.15, 0.2) is 11.6 Å². The molecule has 2 rings (SSSR count). The third-order valence-corrected chi connectivity index (χ3v) is 8.86. The van der Waals surface area contributed by atoms with Crippen molar-refractivity contribution in [1.29, 1.82) is 0 Å². The molecule has 8 nitrogen and oxygen atoms in total. The summed E-state index contributed by atoms with van der Waals surface area (Å²) >= 11 is 1.82. The van der Waals surface area contributed by atoms with Crippen LogP contribution in [0.3, 0.4) is 0 Å². The van der Waals surface area contributed by atoms with Crippen molar-refractivity contribution in [3.05, 3.63) is 11.6 Å². The van der Waals surface area contributed by atoms with Gasteiger partial charge in [0.15, 0.2) is 0 Å². The Morgan fingerprint density at radius 2 is 1.38 bits per heavy atom. The van der Waals surface area contributed by atoms with Crippen LogP contribution in [0, 0.1) is 0 Å². The molecule has 9 heteroatoms. The van der Waals surface area contributed by atoms with Crippen molar-refractivity contribution in [2.24, 2.45) is 0 Å². The van der Waals surface area contributed by atoms with Gasteiger partial charge < -0.3 is 29.7 Å². The number of unbranched alkanes of at least 4 members (excludes halogenated alkanes) is 16. The molecule has 0 bridgehead atoms. The van der Waals surface area contributed by atoms with Gasteiger partial charge in [0.05, 0.1) is 5.88 Å². The van der Waals surface area contributed by atoms with E-state index in [0.717, 1.165) is 50.9 Å². The predicted molar refractivity (Wildman–Crippen MR) is 174 cm³/mol. The molecule has 0 radical (unpaired) electrons. The average Bonchev–Trinajstić information content (AvgIpc) is 3.52. The number of hydrogen-bond donors (Lipinski definition) is 2. The average molecular weight is 612 g/mol. The van der Waals surface area contributed by atoms with Crippen molar-refractivity contribution >= 4 is 23.9 Å². The Hall–Kier alpha value is -1.61. The first-order valence-corrected chi connectivity index (χ1v) is 18.2. The largest absolute Gasteiger partial charge is 0.447 e. The van der Waals surface area contributed by atoms with Gasteiger partial charge in [-0.05, 0) is 43.9 Å². The topological polar surface area (TPSA) is 89.1 Å². The normalized spacial score (nSPS) is 18.3. The van der Waals surface area contributed by atoms with Crippen LogP contribution in [0.1, 0.15) is 135 Å². The van der Waals surface area contributed by atoms with Crippen molar-refractivity contribution in [3.63, 3.8) is 0 Å². The Balaban J connectivity index is 1.39. The molecular weight excluding hydrogens is 550 g/mol. The van der Waals surface area contributed by atoms with Gasteiger partial charge in [-0.15, -0.1) is 11.8 Å². The zero-order valence-electron chi connectivity index (χ0n) is 26.6. The lowest BCUT2D eigenvalue weighted by Crippen LogP contribution is -2.44. The molecule has 2 heterocycles. The third-order valence-electron chi connectivity index (χ3n) is 8.07. The van der Waals surface area contributed by atoms with E-state index < -0.39 is 24.4 Å². The third kappa shape index (κ3) is 19.6. The van der Waals surface area contributed by atoms with E-state index in [1.54, 1.807) is 0 Å². The molecule has 2 aliphatic rings. The van der Waals surface area contributed by atoms with Crippen LogP contribution in [0.2, 0.25) is 0 Å². The van der Waals surface area contributed by atoms with Gasteiger partial charge in [-0.2, -0.15) is 0 Å². The maximum atomic E-state index is 12.3. The summed E-state index contributed by atoms with van der Waals surface area (Å²) in [6, 6.07) is 0. The van der Waals surface area contributed by atoms with Crippen molar-refractivity contribution in [2.75, 3.05) is 38.7 Å². The van der Waals surface area contributed by atoms with Crippen LogP contribution < -0.4 is 10.6 Å². The molecule has 1 saturated heterocycles. The summed E-state index contributed by atoms with van der Waals surface area (Å²) in [5.74, 6) is 1.04. The summed E-state index contributed by atoms with van der Waals surface area (Å²) < 4.78 is 16.8. The number of thioether (sulfide) groups is 1. The lowest BCUT2D eigenvalue weighted by atomic mass is 10.0. The van der Waals surface area contributed by atoms with Crippen LogP contribution >= 0.6 is 11.8 Å². The second-order valence-corrected chi connectivity index (χ2v) is 12.7. The van der Waals surface area contributed by atoms with E-state index in [4.69, 9.17) is 14.2 Å². The van der Waals surface area contributed by atoms with Crippen molar-refractivity contribution in [3.8, 4) is 0 Å². The zero-order valence-corrected chi connectivity index (χ0v) is 27.4. The predicted octanol–water partition coefficient (Wildman–Crippen LogP) is 8.51. The van der Waals surface area contributed by atoms with Crippen LogP contribution in [0.5, 0.6) is 0 Å². The minimum atomic E-state index is -0.445. The lowest BCUT2D eigenvalue weighted by molar-refractivity contribution is -0.0985. The van der Waals surface area contributed by atoms with Crippen molar-refractivity contribution < 1.29 is 23.8 Å². The molecule has 42 heavy (non-hydrogen) atoms. The molecule has 244 valence electrons. The first-order chi connectivity index (χ1) is 20.7. The van der Waals surface area contributed by atoms with E-state index in [0.29, 0.717) is 26.1 Å². The molecule has 0 saturated carbocycles. The second kappa shape index (κ2) is 25.8. The highest BCUT2D eigenvalue weighted by Gasteiger charge is 2.30. The Bertz CT molecular complexity index is 711. The Kier molecular flexibility index (Phi) is 22.5. The highest BCUT2D eigenvalue weighted by atomic mass is 32.2. The molecule has 0 aromatic carbocycles. The Labute approximate surface area is 260 Å². The molecule has 2 N–H and O–H groups in total. The molecule has 0 aromatic rings. The maximum absolute atomic E-state index is 12.3. The standard InChI is InChI=1S/C33H61N3O5S/c1-2-3-4-5-6-7-8-9-10-11-12-13-14-15-17-23-35-33(38)41-30-21-20-26-39-31(30)28-40-32(37)34-22-18-16-19-24-36-25-27-42-29-36/h25,27,30-31H,2-24,26,28-29H2,1H3,(H,34,37)(H,35,38). The number of rotatable bonds is 25. The summed E-state index contributed by atoms with van der Waals surface area (Å²) in [4.78, 5) is 26.7. The van der Waals surface area contributed by atoms with Gasteiger partial charge >= 0.3 is 12.2 Å². The van der Waals surface area contributed by atoms with Crippen molar-refractivity contribution in [2.45, 2.75) is 148 Å². The van der Waals surface area contributed by atoms with Crippen LogP contribution in [-0.4, -0.2) is 68.0 Å². The van der Waals surface area contributed by atoms with Gasteiger partial charge in [0.25, 0.3) is 0 Å². The fourth-order valence-corrected chi connectivity index (χ4v) is 6.19. The molecule has 0 aliphatic carbocycles. The number of amides is 2. The van der Waals surface area contributed by atoms with Crippen LogP contribution in [0.4, 0.5) is 9.59 Å². The van der Waals surface area contributed by atoms with Gasteiger partial charge in [0, 0.05) is 32.4 Å². The molecule has 2 aliphatic heterocycles. The van der Waals surface area contributed by atoms with Gasteiger partial charge in [-0.1, -0.05) is 96.8 Å². The van der Waals surface area contributed by atoms with E-state index in [9.17, 15) is 9.59 Å². The maximum Gasteiger partial charge on any atom is 0.407 e. The summed E-state index contributed by atoms with van der Waals surface area (Å²) in [5, 5.41) is 7.81. The minimum absolute atomic E-state index is 0.0851. The van der Waals surface area contributed by atoms with E-state index >= 15 is 0 Å². The van der Waals surface area contributed by atoms with Gasteiger partial charge in [0.2, 0.25) is 0 Å². The quantitative estimate of drug-likeness (QED) is 0.100. The number of hydrogen-bond acceptors (Lipinski definition) is 7. The summed E-state index contributed by atoms with van der Waals surface area (Å²) in [6.07, 6.45) is 24.9. The lowest BCUT2D eigenvalue weighted by Gasteiger charge is -2.30. The van der Waals surface area contributed by atoms with Gasteiger partial charge in [-0.25, -0.2) is 9.59 Å². The molecule has 0 spiro atoms. The second-order valence-electron chi connectivity index (χ2n) is 11.9. The van der Waals surface area contributed by atoms with Crippen LogP contribution in [0.25, 0.3) is 0 Å². The highest BCUT2D eigenvalue weighted by molar-refractivity contribution is 8.02. The summed E-state index contributed by atoms with van der Waals surface area (Å²) in [5.41, 5.74) is 0. The number of carbonyl (C=O) groups is 2. The van der Waals surface area contributed by atoms with Crippen LogP contribution in [-0.2, 0) is 14.2 Å². The van der Waals surface area contributed by atoms with Crippen molar-refractivity contribution in [1.82, 2.24) is 15.5 Å². The number of nitrogens with one attached hydrogen (secondary N) is 2. The minimum Gasteiger partial charge on any atom is -0.447 e. The first-order valence-electron chi connectivity index (χ1n) is 17.2. The SMILES string of the molecule is CCCCCCCCCCCCCCCCCNC(=O)OC1CCCOC1COC(=O)NCCCCCN1C=CSC1. The summed E-state index contributed by atoms with van der Waals surface area (Å²) in [6.45, 7) is 5.22. The molecule has 2 atom stereocenters. The molecule has 1 fully saturated rings. The fourth-order valence-electron chi connectivity index (χ4n) is 5.43. The van der Waals surface area contributed by atoms with Gasteiger partial charge in [-0.3, -0.25) is 0 Å². The number of nitrogens with zero attached hydrogens (tertiary/aromatic N) is 1. The van der Waals surface area contributed by atoms with E-state index in [-0.39, 0.29) is 6.61 Å². The van der Waals surface area contributed by atoms with E-state index in [2.05, 4.69) is 34.1 Å². The molecule has 2 amide bonds. The number of carbonyl (C=O) groups excluding carboxylic acids is 2. The molecular formula is C33H61N3O5S. The van der Waals surface area contributed by atoms with E-state index in [1.165, 1.54) is 83.5 Å². The number of alkyl carbamates (subject to hydrolysis) is 2. The molecule has 0 aromatic heterocycles. The summed E-state index contributed by atoms with van der Waals surface area (Å²) in [7, 11) is 0.